The number of nitrogens with zero attached hydrogens (tertiary/aromatic N) is 1. The van der Waals surface area contributed by atoms with Gasteiger partial charge in [0.25, 0.3) is 0 Å². The molecule has 0 bridgehead atoms. The molecular weight excluding hydrogens is 224 g/mol. The first-order chi connectivity index (χ1) is 7.81. The van der Waals surface area contributed by atoms with Gasteiger partial charge in [-0.1, -0.05) is 0 Å². The van der Waals surface area contributed by atoms with Crippen LogP contribution in [0.15, 0.2) is 11.1 Å². The van der Waals surface area contributed by atoms with Gasteiger partial charge in [-0.25, -0.2) is 4.79 Å². The first-order valence-corrected chi connectivity index (χ1v) is 5.24. The van der Waals surface area contributed by atoms with Crippen molar-refractivity contribution in [3.05, 3.63) is 11.1 Å². The van der Waals surface area contributed by atoms with Crippen molar-refractivity contribution < 1.29 is 19.5 Å². The van der Waals surface area contributed by atoms with E-state index in [1.165, 1.54) is 18.7 Å². The SMILES string of the molecule is CCN(C)C(=O)CNC(=O)C(C)=C(C)C(=O)O. The van der Waals surface area contributed by atoms with Crippen LogP contribution in [0.25, 0.3) is 0 Å². The number of carboxylic acid groups (broad SMARTS) is 1. The minimum Gasteiger partial charge on any atom is -0.478 e. The lowest BCUT2D eigenvalue weighted by Gasteiger charge is -2.14. The Labute approximate surface area is 100 Å². The molecule has 0 aromatic carbocycles. The van der Waals surface area contributed by atoms with Crippen molar-refractivity contribution in [2.75, 3.05) is 20.1 Å². The first-order valence-electron chi connectivity index (χ1n) is 5.24. The largest absolute Gasteiger partial charge is 0.478 e. The second-order valence-corrected chi connectivity index (χ2v) is 3.65. The van der Waals surface area contributed by atoms with Gasteiger partial charge in [0.1, 0.15) is 0 Å². The van der Waals surface area contributed by atoms with Crippen LogP contribution in [-0.4, -0.2) is 47.9 Å². The van der Waals surface area contributed by atoms with E-state index in [2.05, 4.69) is 5.32 Å². The molecule has 2 N–H and O–H groups in total. The highest BCUT2D eigenvalue weighted by Gasteiger charge is 2.14. The zero-order valence-corrected chi connectivity index (χ0v) is 10.5. The Kier molecular flexibility index (Phi) is 5.95. The van der Waals surface area contributed by atoms with Crippen LogP contribution in [0, 0.1) is 0 Å². The number of aliphatic carboxylic acids is 1. The summed E-state index contributed by atoms with van der Waals surface area (Å²) >= 11 is 0. The van der Waals surface area contributed by atoms with Crippen LogP contribution in [0.5, 0.6) is 0 Å². The summed E-state index contributed by atoms with van der Waals surface area (Å²) in [5.41, 5.74) is 0.0725. The van der Waals surface area contributed by atoms with Crippen LogP contribution < -0.4 is 5.32 Å². The van der Waals surface area contributed by atoms with Crippen LogP contribution in [0.2, 0.25) is 0 Å². The third-order valence-electron chi connectivity index (χ3n) is 2.52. The average molecular weight is 242 g/mol. The number of hydrogen-bond donors (Lipinski definition) is 2. The van der Waals surface area contributed by atoms with Crippen molar-refractivity contribution >= 4 is 17.8 Å². The first kappa shape index (κ1) is 15.2. The van der Waals surface area contributed by atoms with E-state index in [1.807, 2.05) is 6.92 Å². The summed E-state index contributed by atoms with van der Waals surface area (Å²) in [6.07, 6.45) is 0. The molecule has 0 radical (unpaired) electrons. The number of carbonyl (C=O) groups is 3. The Morgan fingerprint density at radius 2 is 1.71 bits per heavy atom. The maximum absolute atomic E-state index is 11.5. The molecule has 6 heteroatoms. The van der Waals surface area contributed by atoms with Gasteiger partial charge in [0.15, 0.2) is 0 Å². The Morgan fingerprint density at radius 1 is 1.18 bits per heavy atom. The molecule has 17 heavy (non-hydrogen) atoms. The van der Waals surface area contributed by atoms with Gasteiger partial charge < -0.3 is 15.3 Å². The van der Waals surface area contributed by atoms with Crippen LogP contribution in [0.3, 0.4) is 0 Å². The molecular formula is C11H18N2O4. The number of rotatable bonds is 5. The molecule has 0 saturated heterocycles. The molecule has 0 aliphatic rings. The van der Waals surface area contributed by atoms with Gasteiger partial charge in [-0.2, -0.15) is 0 Å². The van der Waals surface area contributed by atoms with E-state index in [0.29, 0.717) is 6.54 Å². The highest BCUT2D eigenvalue weighted by atomic mass is 16.4. The van der Waals surface area contributed by atoms with E-state index in [-0.39, 0.29) is 23.6 Å². The maximum atomic E-state index is 11.5. The molecule has 0 atom stereocenters. The third-order valence-corrected chi connectivity index (χ3v) is 2.52. The summed E-state index contributed by atoms with van der Waals surface area (Å²) < 4.78 is 0. The van der Waals surface area contributed by atoms with Crippen LogP contribution >= 0.6 is 0 Å². The Bertz CT molecular complexity index is 360. The van der Waals surface area contributed by atoms with E-state index in [9.17, 15) is 14.4 Å². The molecule has 0 fully saturated rings. The number of hydrogen-bond acceptors (Lipinski definition) is 3. The summed E-state index contributed by atoms with van der Waals surface area (Å²) in [5, 5.41) is 11.1. The van der Waals surface area contributed by atoms with E-state index in [1.54, 1.807) is 7.05 Å². The Morgan fingerprint density at radius 3 is 2.12 bits per heavy atom. The molecule has 6 nitrogen and oxygen atoms in total. The lowest BCUT2D eigenvalue weighted by Crippen LogP contribution is -2.38. The second-order valence-electron chi connectivity index (χ2n) is 3.65. The van der Waals surface area contributed by atoms with Crippen molar-refractivity contribution in [3.63, 3.8) is 0 Å². The Balaban J connectivity index is 4.44. The molecule has 0 saturated carbocycles. The number of carboxylic acids is 1. The van der Waals surface area contributed by atoms with Crippen molar-refractivity contribution in [1.82, 2.24) is 10.2 Å². The van der Waals surface area contributed by atoms with Gasteiger partial charge in [0.2, 0.25) is 11.8 Å². The van der Waals surface area contributed by atoms with Gasteiger partial charge in [-0.05, 0) is 20.8 Å². The van der Waals surface area contributed by atoms with Crippen LogP contribution in [0.4, 0.5) is 0 Å². The van der Waals surface area contributed by atoms with Crippen molar-refractivity contribution in [2.45, 2.75) is 20.8 Å². The lowest BCUT2D eigenvalue weighted by molar-refractivity contribution is -0.133. The van der Waals surface area contributed by atoms with Gasteiger partial charge in [-0.15, -0.1) is 0 Å². The number of likely N-dealkylation sites (N-methyl/N-ethyl adjacent to an activating group) is 1. The highest BCUT2D eigenvalue weighted by Crippen LogP contribution is 2.03. The van der Waals surface area contributed by atoms with E-state index >= 15 is 0 Å². The molecule has 0 aliphatic carbocycles. The molecule has 0 heterocycles. The van der Waals surface area contributed by atoms with Gasteiger partial charge >= 0.3 is 5.97 Å². The zero-order valence-electron chi connectivity index (χ0n) is 10.5. The summed E-state index contributed by atoms with van der Waals surface area (Å²) in [5.74, 6) is -1.90. The standard InChI is InChI=1S/C11H18N2O4/c1-5-13(4)9(14)6-12-10(15)7(2)8(3)11(16)17/h5-6H2,1-4H3,(H,12,15)(H,16,17). The summed E-state index contributed by atoms with van der Waals surface area (Å²) in [6.45, 7) is 4.99. The summed E-state index contributed by atoms with van der Waals surface area (Å²) in [4.78, 5) is 35.0. The third kappa shape index (κ3) is 4.67. The lowest BCUT2D eigenvalue weighted by atomic mass is 10.1. The highest BCUT2D eigenvalue weighted by molar-refractivity contribution is 6.02. The summed E-state index contributed by atoms with van der Waals surface area (Å²) in [6, 6.07) is 0. The maximum Gasteiger partial charge on any atom is 0.331 e. The van der Waals surface area contributed by atoms with Crippen molar-refractivity contribution in [2.24, 2.45) is 0 Å². The fraction of sp³-hybridized carbons (Fsp3) is 0.545. The number of amides is 2. The molecule has 0 aromatic heterocycles. The molecule has 2 amide bonds. The predicted octanol–water partition coefficient (Wildman–Crippen LogP) is 0.00190. The van der Waals surface area contributed by atoms with Crippen LogP contribution in [0.1, 0.15) is 20.8 Å². The number of nitrogens with one attached hydrogen (secondary N) is 1. The molecule has 0 aliphatic heterocycles. The molecule has 0 rings (SSSR count). The minimum atomic E-state index is -1.14. The quantitative estimate of drug-likeness (QED) is 0.664. The smallest absolute Gasteiger partial charge is 0.331 e. The molecule has 0 spiro atoms. The van der Waals surface area contributed by atoms with E-state index < -0.39 is 11.9 Å². The zero-order chi connectivity index (χ0) is 13.6. The number of carbonyl (C=O) groups excluding carboxylic acids is 2. The van der Waals surface area contributed by atoms with E-state index in [4.69, 9.17) is 5.11 Å². The van der Waals surface area contributed by atoms with Crippen LogP contribution in [-0.2, 0) is 14.4 Å². The predicted molar refractivity (Wildman–Crippen MR) is 62.3 cm³/mol. The van der Waals surface area contributed by atoms with Gasteiger partial charge in [0.05, 0.1) is 6.54 Å². The van der Waals surface area contributed by atoms with Crippen molar-refractivity contribution in [1.29, 1.82) is 0 Å². The minimum absolute atomic E-state index is 0.0289. The molecule has 0 aromatic rings. The van der Waals surface area contributed by atoms with Crippen molar-refractivity contribution in [3.8, 4) is 0 Å². The normalized spacial score (nSPS) is 11.5. The summed E-state index contributed by atoms with van der Waals surface area (Å²) in [7, 11) is 1.62. The van der Waals surface area contributed by atoms with E-state index in [0.717, 1.165) is 0 Å². The molecule has 96 valence electrons. The second kappa shape index (κ2) is 6.67. The van der Waals surface area contributed by atoms with Gasteiger partial charge in [-0.3, -0.25) is 9.59 Å². The fourth-order valence-corrected chi connectivity index (χ4v) is 0.930. The molecule has 0 unspecified atom stereocenters. The Hall–Kier alpha value is -1.85. The van der Waals surface area contributed by atoms with Gasteiger partial charge in [0, 0.05) is 24.7 Å². The fourth-order valence-electron chi connectivity index (χ4n) is 0.930. The topological polar surface area (TPSA) is 86.7 Å². The average Bonchev–Trinajstić information content (AvgIpc) is 2.32. The monoisotopic (exact) mass is 242 g/mol.